The number of carbonyl (C=O) groups excluding carboxylic acids is 3. The molecule has 0 fully saturated rings. The van der Waals surface area contributed by atoms with E-state index in [2.05, 4.69) is 58.7 Å². The Hall–Kier alpha value is -3.93. The molecule has 0 bridgehead atoms. The van der Waals surface area contributed by atoms with Crippen LogP contribution in [0, 0.1) is 0 Å². The molecule has 6 heteroatoms. The number of fused-ring (bicyclic) bond motifs is 2. The van der Waals surface area contributed by atoms with E-state index in [-0.39, 0.29) is 12.5 Å². The molecule has 0 spiro atoms. The van der Waals surface area contributed by atoms with Gasteiger partial charge in [-0.05, 0) is 60.2 Å². The molecule has 0 atom stereocenters. The summed E-state index contributed by atoms with van der Waals surface area (Å²) < 4.78 is 0. The van der Waals surface area contributed by atoms with Crippen molar-refractivity contribution >= 4 is 23.4 Å². The predicted molar refractivity (Wildman–Crippen MR) is 131 cm³/mol. The van der Waals surface area contributed by atoms with Crippen molar-refractivity contribution in [1.29, 1.82) is 0 Å². The molecule has 3 aromatic carbocycles. The Morgan fingerprint density at radius 1 is 0.824 bits per heavy atom. The van der Waals surface area contributed by atoms with Crippen molar-refractivity contribution in [2.24, 2.45) is 0 Å². The van der Waals surface area contributed by atoms with Gasteiger partial charge in [0.1, 0.15) is 6.54 Å². The van der Waals surface area contributed by atoms with E-state index in [0.717, 1.165) is 37.3 Å². The third-order valence-corrected chi connectivity index (χ3v) is 6.58. The molecule has 0 aromatic heterocycles. The van der Waals surface area contributed by atoms with Gasteiger partial charge in [0, 0.05) is 25.3 Å². The lowest BCUT2D eigenvalue weighted by atomic mass is 9.99. The number of benzene rings is 3. The van der Waals surface area contributed by atoms with Crippen LogP contribution in [0.4, 0.5) is 5.69 Å². The first-order valence-electron chi connectivity index (χ1n) is 11.7. The second kappa shape index (κ2) is 9.51. The minimum absolute atomic E-state index is 0.250. The molecule has 0 saturated heterocycles. The smallest absolute Gasteiger partial charge is 0.262 e. The van der Waals surface area contributed by atoms with Crippen LogP contribution in [-0.4, -0.2) is 42.3 Å². The Balaban J connectivity index is 1.07. The van der Waals surface area contributed by atoms with Crippen LogP contribution in [0.15, 0.2) is 72.8 Å². The lowest BCUT2D eigenvalue weighted by Gasteiger charge is -2.30. The molecule has 3 aromatic rings. The Bertz CT molecular complexity index is 1200. The number of carbonyl (C=O) groups is 3. The van der Waals surface area contributed by atoms with Crippen LogP contribution < -0.4 is 10.2 Å². The summed E-state index contributed by atoms with van der Waals surface area (Å²) in [5.74, 6) is -1.14. The summed E-state index contributed by atoms with van der Waals surface area (Å²) in [5, 5.41) is 2.83. The second-order valence-corrected chi connectivity index (χ2v) is 8.80. The van der Waals surface area contributed by atoms with Gasteiger partial charge < -0.3 is 10.2 Å². The zero-order valence-electron chi connectivity index (χ0n) is 19.0. The van der Waals surface area contributed by atoms with E-state index in [0.29, 0.717) is 17.7 Å². The summed E-state index contributed by atoms with van der Waals surface area (Å²) >= 11 is 0. The van der Waals surface area contributed by atoms with Gasteiger partial charge in [0.05, 0.1) is 11.1 Å². The molecule has 5 rings (SSSR count). The quantitative estimate of drug-likeness (QED) is 0.439. The van der Waals surface area contributed by atoms with E-state index in [1.807, 2.05) is 0 Å². The average Bonchev–Trinajstić information content (AvgIpc) is 3.11. The highest BCUT2D eigenvalue weighted by molar-refractivity contribution is 6.22. The number of anilines is 1. The van der Waals surface area contributed by atoms with Crippen LogP contribution in [-0.2, 0) is 24.2 Å². The molecule has 0 unspecified atom stereocenters. The molecular formula is C28H27N3O3. The lowest BCUT2D eigenvalue weighted by molar-refractivity contribution is -0.121. The summed E-state index contributed by atoms with van der Waals surface area (Å²) in [6.07, 6.45) is 2.69. The topological polar surface area (TPSA) is 69.7 Å². The number of amides is 3. The highest BCUT2D eigenvalue weighted by Gasteiger charge is 2.36. The minimum atomic E-state index is -0.409. The predicted octanol–water partition coefficient (Wildman–Crippen LogP) is 3.59. The van der Waals surface area contributed by atoms with Crippen molar-refractivity contribution in [2.45, 2.75) is 25.8 Å². The van der Waals surface area contributed by atoms with E-state index in [1.165, 1.54) is 22.4 Å². The van der Waals surface area contributed by atoms with Crippen LogP contribution >= 0.6 is 0 Å². The van der Waals surface area contributed by atoms with Gasteiger partial charge in [-0.25, -0.2) is 0 Å². The van der Waals surface area contributed by atoms with Crippen LogP contribution in [0.3, 0.4) is 0 Å². The zero-order chi connectivity index (χ0) is 23.5. The number of hydrogen-bond acceptors (Lipinski definition) is 4. The van der Waals surface area contributed by atoms with Gasteiger partial charge in [-0.2, -0.15) is 0 Å². The molecule has 0 aliphatic carbocycles. The number of rotatable bonds is 7. The fourth-order valence-electron chi connectivity index (χ4n) is 4.69. The molecule has 1 N–H and O–H groups in total. The van der Waals surface area contributed by atoms with E-state index < -0.39 is 11.8 Å². The molecule has 6 nitrogen and oxygen atoms in total. The third kappa shape index (κ3) is 4.44. The third-order valence-electron chi connectivity index (χ3n) is 6.58. The van der Waals surface area contributed by atoms with E-state index >= 15 is 0 Å². The summed E-state index contributed by atoms with van der Waals surface area (Å²) in [6.45, 7) is 2.21. The van der Waals surface area contributed by atoms with E-state index in [1.54, 1.807) is 24.3 Å². The van der Waals surface area contributed by atoms with Gasteiger partial charge in [0.2, 0.25) is 5.91 Å². The molecule has 2 aliphatic heterocycles. The van der Waals surface area contributed by atoms with Crippen molar-refractivity contribution in [1.82, 2.24) is 10.2 Å². The first-order valence-corrected chi connectivity index (χ1v) is 11.7. The van der Waals surface area contributed by atoms with Crippen LogP contribution in [0.1, 0.15) is 43.8 Å². The van der Waals surface area contributed by atoms with Crippen LogP contribution in [0.5, 0.6) is 0 Å². The fraction of sp³-hybridized carbons (Fsp3) is 0.250. The highest BCUT2D eigenvalue weighted by atomic mass is 16.2. The molecule has 2 heterocycles. The maximum Gasteiger partial charge on any atom is 0.262 e. The van der Waals surface area contributed by atoms with Gasteiger partial charge in [-0.1, -0.05) is 48.5 Å². The normalized spacial score (nSPS) is 14.7. The Kier molecular flexibility index (Phi) is 6.12. The second-order valence-electron chi connectivity index (χ2n) is 8.80. The van der Waals surface area contributed by atoms with E-state index in [9.17, 15) is 14.4 Å². The molecule has 2 aliphatic rings. The van der Waals surface area contributed by atoms with Crippen molar-refractivity contribution in [3.05, 3.63) is 101 Å². The summed E-state index contributed by atoms with van der Waals surface area (Å²) in [5.41, 5.74) is 6.01. The van der Waals surface area contributed by atoms with Gasteiger partial charge >= 0.3 is 0 Å². The number of hydrogen-bond donors (Lipinski definition) is 1. The number of aryl methyl sites for hydroxylation is 1. The molecule has 0 saturated carbocycles. The van der Waals surface area contributed by atoms with Crippen molar-refractivity contribution in [3.8, 4) is 0 Å². The standard InChI is InChI=1S/C28H27N3O3/c32-26(19-31-27(33)24-9-3-4-10-25(24)28(31)34)29-16-5-6-20-11-13-23(14-12-20)30-17-15-21-7-1-2-8-22(21)18-30/h1-4,7-14H,5-6,15-19H2,(H,29,32). The first kappa shape index (κ1) is 21.9. The van der Waals surface area contributed by atoms with Crippen molar-refractivity contribution in [2.75, 3.05) is 24.5 Å². The van der Waals surface area contributed by atoms with Crippen molar-refractivity contribution < 1.29 is 14.4 Å². The van der Waals surface area contributed by atoms with Gasteiger partial charge in [0.25, 0.3) is 11.8 Å². The van der Waals surface area contributed by atoms with Gasteiger partial charge in [-0.15, -0.1) is 0 Å². The summed E-state index contributed by atoms with van der Waals surface area (Å²) in [6, 6.07) is 23.9. The number of nitrogens with zero attached hydrogens (tertiary/aromatic N) is 2. The largest absolute Gasteiger partial charge is 0.367 e. The maximum atomic E-state index is 12.4. The molecule has 0 radical (unpaired) electrons. The number of nitrogens with one attached hydrogen (secondary N) is 1. The average molecular weight is 454 g/mol. The fourth-order valence-corrected chi connectivity index (χ4v) is 4.69. The highest BCUT2D eigenvalue weighted by Crippen LogP contribution is 2.25. The Labute approximate surface area is 199 Å². The van der Waals surface area contributed by atoms with Crippen molar-refractivity contribution in [3.63, 3.8) is 0 Å². The maximum absolute atomic E-state index is 12.4. The molecular weight excluding hydrogens is 426 g/mol. The minimum Gasteiger partial charge on any atom is -0.367 e. The first-order chi connectivity index (χ1) is 16.6. The lowest BCUT2D eigenvalue weighted by Crippen LogP contribution is -2.40. The van der Waals surface area contributed by atoms with Gasteiger partial charge in [0.15, 0.2) is 0 Å². The summed E-state index contributed by atoms with van der Waals surface area (Å²) in [4.78, 5) is 40.5. The Morgan fingerprint density at radius 3 is 2.18 bits per heavy atom. The molecule has 3 amide bonds. The van der Waals surface area contributed by atoms with Crippen LogP contribution in [0.25, 0.3) is 0 Å². The molecule has 172 valence electrons. The molecule has 34 heavy (non-hydrogen) atoms. The van der Waals surface area contributed by atoms with Gasteiger partial charge in [-0.3, -0.25) is 19.3 Å². The summed E-state index contributed by atoms with van der Waals surface area (Å²) in [7, 11) is 0. The SMILES string of the molecule is O=C(CN1C(=O)c2ccccc2C1=O)NCCCc1ccc(N2CCc3ccccc3C2)cc1. The Morgan fingerprint density at radius 2 is 1.47 bits per heavy atom. The van der Waals surface area contributed by atoms with E-state index in [4.69, 9.17) is 0 Å². The monoisotopic (exact) mass is 453 g/mol. The van der Waals surface area contributed by atoms with Crippen LogP contribution in [0.2, 0.25) is 0 Å². The number of imide groups is 1. The zero-order valence-corrected chi connectivity index (χ0v) is 19.0.